The molecule has 1 saturated carbocycles. The molecule has 1 aliphatic heterocycles. The van der Waals surface area contributed by atoms with Crippen molar-refractivity contribution in [2.45, 2.75) is 64.0 Å². The molecule has 2 fully saturated rings. The zero-order valence-electron chi connectivity index (χ0n) is 10.6. The van der Waals surface area contributed by atoms with E-state index in [0.29, 0.717) is 12.0 Å². The molecule has 2 aliphatic rings. The van der Waals surface area contributed by atoms with Crippen molar-refractivity contribution < 1.29 is 9.57 Å². The zero-order valence-corrected chi connectivity index (χ0v) is 10.6. The van der Waals surface area contributed by atoms with Gasteiger partial charge in [0.25, 0.3) is 0 Å². The molecule has 3 heteroatoms. The second-order valence-corrected chi connectivity index (χ2v) is 5.75. The van der Waals surface area contributed by atoms with E-state index in [2.05, 4.69) is 19.3 Å². The maximum Gasteiger partial charge on any atom is 0.0705 e. The lowest BCUT2D eigenvalue weighted by Crippen LogP contribution is -2.45. The minimum Gasteiger partial charge on any atom is -0.375 e. The minimum absolute atomic E-state index is 0.192. The third kappa shape index (κ3) is 3.19. The van der Waals surface area contributed by atoms with E-state index >= 15 is 0 Å². The van der Waals surface area contributed by atoms with Crippen molar-refractivity contribution in [2.75, 3.05) is 13.2 Å². The maximum absolute atomic E-state index is 5.99. The van der Waals surface area contributed by atoms with E-state index in [-0.39, 0.29) is 5.60 Å². The summed E-state index contributed by atoms with van der Waals surface area (Å²) < 4.78 is 5.99. The quantitative estimate of drug-likeness (QED) is 0.749. The molecule has 0 bridgehead atoms. The minimum atomic E-state index is 0.192. The molecular weight excluding hydrogens is 202 g/mol. The van der Waals surface area contributed by atoms with E-state index in [0.717, 1.165) is 26.1 Å². The molecule has 1 atom stereocenters. The Kier molecular flexibility index (Phi) is 4.22. The Morgan fingerprint density at radius 1 is 1.38 bits per heavy atom. The molecule has 0 aromatic carbocycles. The molecule has 1 saturated heterocycles. The summed E-state index contributed by atoms with van der Waals surface area (Å²) in [4.78, 5) is 5.53. The average Bonchev–Trinajstić information content (AvgIpc) is 2.66. The second kappa shape index (κ2) is 5.48. The zero-order chi connectivity index (χ0) is 11.4. The van der Waals surface area contributed by atoms with Crippen LogP contribution in [0.25, 0.3) is 0 Å². The first-order chi connectivity index (χ1) is 7.70. The summed E-state index contributed by atoms with van der Waals surface area (Å²) in [5, 5.41) is 0. The Morgan fingerprint density at radius 2 is 2.12 bits per heavy atom. The van der Waals surface area contributed by atoms with Crippen LogP contribution in [-0.2, 0) is 9.57 Å². The van der Waals surface area contributed by atoms with Gasteiger partial charge in [-0.05, 0) is 31.6 Å². The van der Waals surface area contributed by atoms with Crippen molar-refractivity contribution in [2.24, 2.45) is 5.92 Å². The maximum atomic E-state index is 5.99. The summed E-state index contributed by atoms with van der Waals surface area (Å²) in [6.45, 7) is 6.03. The van der Waals surface area contributed by atoms with E-state index in [4.69, 9.17) is 9.57 Å². The monoisotopic (exact) mass is 227 g/mol. The van der Waals surface area contributed by atoms with Crippen LogP contribution in [0.15, 0.2) is 0 Å². The fraction of sp³-hybridized carbons (Fsp3) is 1.00. The molecule has 0 amide bonds. The molecular formula is C13H25NO2. The second-order valence-electron chi connectivity index (χ2n) is 5.75. The van der Waals surface area contributed by atoms with Crippen LogP contribution in [0.4, 0.5) is 0 Å². The van der Waals surface area contributed by atoms with Crippen LogP contribution < -0.4 is 5.48 Å². The normalized spacial score (nSPS) is 29.1. The lowest BCUT2D eigenvalue weighted by Gasteiger charge is -2.38. The Bertz CT molecular complexity index is 212. The van der Waals surface area contributed by atoms with Crippen LogP contribution in [0.2, 0.25) is 0 Å². The van der Waals surface area contributed by atoms with Crippen LogP contribution in [0.1, 0.15) is 52.4 Å². The van der Waals surface area contributed by atoms with Crippen molar-refractivity contribution in [3.05, 3.63) is 0 Å². The molecule has 1 spiro atoms. The van der Waals surface area contributed by atoms with Gasteiger partial charge in [0, 0.05) is 12.6 Å². The lowest BCUT2D eigenvalue weighted by molar-refractivity contribution is -0.111. The Hall–Kier alpha value is -0.120. The Labute approximate surface area is 98.8 Å². The molecule has 1 N–H and O–H groups in total. The highest BCUT2D eigenvalue weighted by Gasteiger charge is 2.39. The fourth-order valence-electron chi connectivity index (χ4n) is 2.83. The number of ether oxygens (including phenoxy) is 1. The predicted octanol–water partition coefficient (Wildman–Crippen LogP) is 2.66. The number of nitrogens with one attached hydrogen (secondary N) is 1. The van der Waals surface area contributed by atoms with Crippen LogP contribution in [-0.4, -0.2) is 24.9 Å². The molecule has 0 aromatic heterocycles. The summed E-state index contributed by atoms with van der Waals surface area (Å²) in [6, 6.07) is 0.491. The predicted molar refractivity (Wildman–Crippen MR) is 64.1 cm³/mol. The highest BCUT2D eigenvalue weighted by molar-refractivity contribution is 4.92. The first kappa shape index (κ1) is 12.3. The SMILES string of the molecule is CC(C)CONC1CCOC2(CCCC2)C1. The molecule has 1 aliphatic carbocycles. The van der Waals surface area contributed by atoms with Gasteiger partial charge in [-0.15, -0.1) is 0 Å². The number of hydrogen-bond acceptors (Lipinski definition) is 3. The van der Waals surface area contributed by atoms with Gasteiger partial charge in [0.15, 0.2) is 0 Å². The molecule has 2 rings (SSSR count). The van der Waals surface area contributed by atoms with Crippen molar-refractivity contribution in [3.8, 4) is 0 Å². The van der Waals surface area contributed by atoms with E-state index < -0.39 is 0 Å². The first-order valence-electron chi connectivity index (χ1n) is 6.71. The van der Waals surface area contributed by atoms with Crippen molar-refractivity contribution >= 4 is 0 Å². The van der Waals surface area contributed by atoms with E-state index in [9.17, 15) is 0 Å². The van der Waals surface area contributed by atoms with Gasteiger partial charge >= 0.3 is 0 Å². The van der Waals surface area contributed by atoms with Gasteiger partial charge in [-0.25, -0.2) is 0 Å². The lowest BCUT2D eigenvalue weighted by atomic mass is 9.89. The molecule has 0 radical (unpaired) electrons. The summed E-state index contributed by atoms with van der Waals surface area (Å²) in [5.41, 5.74) is 3.42. The molecule has 3 nitrogen and oxygen atoms in total. The summed E-state index contributed by atoms with van der Waals surface area (Å²) in [7, 11) is 0. The Morgan fingerprint density at radius 3 is 2.81 bits per heavy atom. The molecule has 1 unspecified atom stereocenters. The van der Waals surface area contributed by atoms with E-state index in [1.165, 1.54) is 25.7 Å². The Balaban J connectivity index is 1.74. The fourth-order valence-corrected chi connectivity index (χ4v) is 2.83. The van der Waals surface area contributed by atoms with Crippen LogP contribution in [0.5, 0.6) is 0 Å². The summed E-state index contributed by atoms with van der Waals surface area (Å²) in [5.74, 6) is 0.591. The standard InChI is InChI=1S/C13H25NO2/c1-11(2)10-16-14-12-5-8-15-13(9-12)6-3-4-7-13/h11-12,14H,3-10H2,1-2H3. The summed E-state index contributed by atoms with van der Waals surface area (Å²) >= 11 is 0. The van der Waals surface area contributed by atoms with Gasteiger partial charge in [0.2, 0.25) is 0 Å². The molecule has 0 aromatic rings. The van der Waals surface area contributed by atoms with E-state index in [1.54, 1.807) is 0 Å². The number of hydroxylamine groups is 1. The highest BCUT2D eigenvalue weighted by Crippen LogP contribution is 2.39. The van der Waals surface area contributed by atoms with Gasteiger partial charge in [-0.3, -0.25) is 0 Å². The third-order valence-corrected chi connectivity index (χ3v) is 3.67. The van der Waals surface area contributed by atoms with Gasteiger partial charge in [-0.2, -0.15) is 5.48 Å². The largest absolute Gasteiger partial charge is 0.375 e. The van der Waals surface area contributed by atoms with Crippen LogP contribution >= 0.6 is 0 Å². The first-order valence-corrected chi connectivity index (χ1v) is 6.71. The average molecular weight is 227 g/mol. The molecule has 94 valence electrons. The van der Waals surface area contributed by atoms with Gasteiger partial charge in [0.1, 0.15) is 0 Å². The molecule has 1 heterocycles. The smallest absolute Gasteiger partial charge is 0.0705 e. The third-order valence-electron chi connectivity index (χ3n) is 3.67. The van der Waals surface area contributed by atoms with Crippen molar-refractivity contribution in [1.82, 2.24) is 5.48 Å². The van der Waals surface area contributed by atoms with Crippen LogP contribution in [0.3, 0.4) is 0 Å². The van der Waals surface area contributed by atoms with Gasteiger partial charge in [0.05, 0.1) is 12.2 Å². The van der Waals surface area contributed by atoms with Gasteiger partial charge < -0.3 is 9.57 Å². The van der Waals surface area contributed by atoms with Gasteiger partial charge in [-0.1, -0.05) is 26.7 Å². The topological polar surface area (TPSA) is 30.5 Å². The van der Waals surface area contributed by atoms with E-state index in [1.807, 2.05) is 0 Å². The molecule has 16 heavy (non-hydrogen) atoms. The van der Waals surface area contributed by atoms with Crippen molar-refractivity contribution in [3.63, 3.8) is 0 Å². The van der Waals surface area contributed by atoms with Crippen molar-refractivity contribution in [1.29, 1.82) is 0 Å². The summed E-state index contributed by atoms with van der Waals surface area (Å²) in [6.07, 6.45) is 7.37. The highest BCUT2D eigenvalue weighted by atomic mass is 16.6. The number of hydrogen-bond donors (Lipinski definition) is 1. The van der Waals surface area contributed by atoms with Crippen LogP contribution in [0, 0.1) is 5.92 Å². The number of rotatable bonds is 4.